The SMILES string of the molecule is CCCCCC1CCC(C=CCCc2ccc(C(=O)O)cc2)CC1. The quantitative estimate of drug-likeness (QED) is 0.429. The van der Waals surface area contributed by atoms with Crippen LogP contribution in [0.5, 0.6) is 0 Å². The fourth-order valence-electron chi connectivity index (χ4n) is 3.71. The zero-order chi connectivity index (χ0) is 17.2. The van der Waals surface area contributed by atoms with Crippen molar-refractivity contribution in [2.45, 2.75) is 71.1 Å². The first-order chi connectivity index (χ1) is 11.7. The van der Waals surface area contributed by atoms with Gasteiger partial charge in [0, 0.05) is 0 Å². The van der Waals surface area contributed by atoms with Gasteiger partial charge < -0.3 is 5.11 Å². The van der Waals surface area contributed by atoms with Gasteiger partial charge in [-0.05, 0) is 68.1 Å². The maximum Gasteiger partial charge on any atom is 0.335 e. The molecule has 0 aromatic heterocycles. The number of allylic oxidation sites excluding steroid dienone is 2. The third-order valence-corrected chi connectivity index (χ3v) is 5.32. The van der Waals surface area contributed by atoms with Crippen LogP contribution in [-0.2, 0) is 6.42 Å². The normalized spacial score (nSPS) is 21.2. The summed E-state index contributed by atoms with van der Waals surface area (Å²) < 4.78 is 0. The van der Waals surface area contributed by atoms with E-state index in [4.69, 9.17) is 5.11 Å². The molecule has 1 aromatic rings. The van der Waals surface area contributed by atoms with Gasteiger partial charge in [-0.25, -0.2) is 4.79 Å². The number of aromatic carboxylic acids is 1. The van der Waals surface area contributed by atoms with Gasteiger partial charge in [0.1, 0.15) is 0 Å². The number of carboxylic acid groups (broad SMARTS) is 1. The maximum atomic E-state index is 10.8. The fourth-order valence-corrected chi connectivity index (χ4v) is 3.71. The minimum absolute atomic E-state index is 0.366. The van der Waals surface area contributed by atoms with Crippen molar-refractivity contribution in [2.24, 2.45) is 11.8 Å². The Bertz CT molecular complexity index is 507. The molecule has 0 saturated heterocycles. The molecular weight excluding hydrogens is 296 g/mol. The predicted molar refractivity (Wildman–Crippen MR) is 100 cm³/mol. The first-order valence-corrected chi connectivity index (χ1v) is 9.68. The van der Waals surface area contributed by atoms with Crippen LogP contribution in [0.3, 0.4) is 0 Å². The number of rotatable bonds is 9. The van der Waals surface area contributed by atoms with E-state index in [-0.39, 0.29) is 0 Å². The predicted octanol–water partition coefficient (Wildman–Crippen LogP) is 6.26. The number of unbranched alkanes of at least 4 members (excludes halogenated alkanes) is 2. The van der Waals surface area contributed by atoms with Crippen molar-refractivity contribution in [1.29, 1.82) is 0 Å². The Balaban J connectivity index is 1.63. The van der Waals surface area contributed by atoms with E-state index in [9.17, 15) is 4.79 Å². The zero-order valence-electron chi connectivity index (χ0n) is 15.0. The highest BCUT2D eigenvalue weighted by atomic mass is 16.4. The minimum atomic E-state index is -0.855. The highest BCUT2D eigenvalue weighted by Gasteiger charge is 2.18. The van der Waals surface area contributed by atoms with Crippen molar-refractivity contribution in [2.75, 3.05) is 0 Å². The van der Waals surface area contributed by atoms with Crippen LogP contribution in [0.25, 0.3) is 0 Å². The number of carbonyl (C=O) groups is 1. The molecule has 1 fully saturated rings. The Hall–Kier alpha value is -1.57. The van der Waals surface area contributed by atoms with Crippen molar-refractivity contribution in [3.8, 4) is 0 Å². The average Bonchev–Trinajstić information content (AvgIpc) is 2.60. The van der Waals surface area contributed by atoms with E-state index in [2.05, 4.69) is 19.1 Å². The summed E-state index contributed by atoms with van der Waals surface area (Å²) in [6.45, 7) is 2.28. The molecule has 2 heteroatoms. The van der Waals surface area contributed by atoms with Gasteiger partial charge in [-0.1, -0.05) is 56.9 Å². The van der Waals surface area contributed by atoms with E-state index in [1.807, 2.05) is 12.1 Å². The summed E-state index contributed by atoms with van der Waals surface area (Å²) in [7, 11) is 0. The number of hydrogen-bond donors (Lipinski definition) is 1. The molecule has 0 unspecified atom stereocenters. The Labute approximate surface area is 147 Å². The molecule has 1 saturated carbocycles. The summed E-state index contributed by atoms with van der Waals surface area (Å²) >= 11 is 0. The highest BCUT2D eigenvalue weighted by molar-refractivity contribution is 5.87. The van der Waals surface area contributed by atoms with Crippen molar-refractivity contribution >= 4 is 5.97 Å². The van der Waals surface area contributed by atoms with Crippen molar-refractivity contribution in [1.82, 2.24) is 0 Å². The van der Waals surface area contributed by atoms with Gasteiger partial charge in [-0.15, -0.1) is 0 Å². The lowest BCUT2D eigenvalue weighted by atomic mass is 9.79. The van der Waals surface area contributed by atoms with E-state index < -0.39 is 5.97 Å². The van der Waals surface area contributed by atoms with E-state index >= 15 is 0 Å². The van der Waals surface area contributed by atoms with Gasteiger partial charge in [-0.2, -0.15) is 0 Å². The molecule has 0 radical (unpaired) electrons. The topological polar surface area (TPSA) is 37.3 Å². The Morgan fingerprint density at radius 2 is 1.83 bits per heavy atom. The molecule has 1 aliphatic rings. The van der Waals surface area contributed by atoms with Crippen LogP contribution in [0.2, 0.25) is 0 Å². The van der Waals surface area contributed by atoms with Gasteiger partial charge in [-0.3, -0.25) is 0 Å². The second-order valence-electron chi connectivity index (χ2n) is 7.25. The highest BCUT2D eigenvalue weighted by Crippen LogP contribution is 2.32. The van der Waals surface area contributed by atoms with E-state index in [1.54, 1.807) is 12.1 Å². The smallest absolute Gasteiger partial charge is 0.335 e. The van der Waals surface area contributed by atoms with Crippen molar-refractivity contribution in [3.05, 3.63) is 47.5 Å². The molecule has 0 bridgehead atoms. The summed E-state index contributed by atoms with van der Waals surface area (Å²) in [5.41, 5.74) is 1.58. The zero-order valence-corrected chi connectivity index (χ0v) is 15.0. The molecule has 2 rings (SSSR count). The molecule has 1 aromatic carbocycles. The summed E-state index contributed by atoms with van der Waals surface area (Å²) in [5.74, 6) is 0.905. The molecule has 1 N–H and O–H groups in total. The number of benzene rings is 1. The standard InChI is InChI=1S/C22H32O2/c1-2-3-4-7-18-10-12-19(13-11-18)8-5-6-9-20-14-16-21(17-15-20)22(23)24/h5,8,14-19H,2-4,6-7,9-13H2,1H3,(H,23,24). The Kier molecular flexibility index (Phi) is 8.07. The van der Waals surface area contributed by atoms with E-state index in [0.29, 0.717) is 5.56 Å². The van der Waals surface area contributed by atoms with Crippen molar-refractivity contribution < 1.29 is 9.90 Å². The lowest BCUT2D eigenvalue weighted by Crippen LogP contribution is -2.13. The summed E-state index contributed by atoms with van der Waals surface area (Å²) in [6.07, 6.45) is 17.9. The Morgan fingerprint density at radius 3 is 2.46 bits per heavy atom. The Morgan fingerprint density at radius 1 is 1.12 bits per heavy atom. The van der Waals surface area contributed by atoms with E-state index in [0.717, 1.165) is 24.7 Å². The second kappa shape index (κ2) is 10.3. The first kappa shape index (κ1) is 18.8. The third-order valence-electron chi connectivity index (χ3n) is 5.32. The van der Waals surface area contributed by atoms with Crippen LogP contribution in [-0.4, -0.2) is 11.1 Å². The molecule has 0 heterocycles. The monoisotopic (exact) mass is 328 g/mol. The van der Waals surface area contributed by atoms with Crippen LogP contribution in [0, 0.1) is 11.8 Å². The van der Waals surface area contributed by atoms with Gasteiger partial charge in [0.15, 0.2) is 0 Å². The minimum Gasteiger partial charge on any atom is -0.478 e. The van der Waals surface area contributed by atoms with Crippen molar-refractivity contribution in [3.63, 3.8) is 0 Å². The van der Waals surface area contributed by atoms with Gasteiger partial charge in [0.25, 0.3) is 0 Å². The molecule has 132 valence electrons. The maximum absolute atomic E-state index is 10.8. The summed E-state index contributed by atoms with van der Waals surface area (Å²) in [5, 5.41) is 8.90. The molecule has 0 spiro atoms. The van der Waals surface area contributed by atoms with Crippen LogP contribution in [0.4, 0.5) is 0 Å². The second-order valence-corrected chi connectivity index (χ2v) is 7.25. The lowest BCUT2D eigenvalue weighted by Gasteiger charge is -2.26. The van der Waals surface area contributed by atoms with Crippen LogP contribution >= 0.6 is 0 Å². The lowest BCUT2D eigenvalue weighted by molar-refractivity contribution is 0.0697. The first-order valence-electron chi connectivity index (χ1n) is 9.68. The molecule has 1 aliphatic carbocycles. The summed E-state index contributed by atoms with van der Waals surface area (Å²) in [4.78, 5) is 10.8. The van der Waals surface area contributed by atoms with Gasteiger partial charge in [0.2, 0.25) is 0 Å². The number of aryl methyl sites for hydroxylation is 1. The molecular formula is C22H32O2. The van der Waals surface area contributed by atoms with Crippen LogP contribution < -0.4 is 0 Å². The average molecular weight is 328 g/mol. The molecule has 24 heavy (non-hydrogen) atoms. The van der Waals surface area contributed by atoms with Crippen LogP contribution in [0.15, 0.2) is 36.4 Å². The summed E-state index contributed by atoms with van der Waals surface area (Å²) in [6, 6.07) is 7.25. The van der Waals surface area contributed by atoms with Gasteiger partial charge in [0.05, 0.1) is 5.56 Å². The van der Waals surface area contributed by atoms with Crippen LogP contribution in [0.1, 0.15) is 80.6 Å². The fraction of sp³-hybridized carbons (Fsp3) is 0.591. The molecule has 0 aliphatic heterocycles. The molecule has 0 amide bonds. The molecule has 2 nitrogen and oxygen atoms in total. The number of carboxylic acids is 1. The van der Waals surface area contributed by atoms with Gasteiger partial charge >= 0.3 is 5.97 Å². The molecule has 0 atom stereocenters. The third kappa shape index (κ3) is 6.51. The van der Waals surface area contributed by atoms with E-state index in [1.165, 1.54) is 56.9 Å². The number of hydrogen-bond acceptors (Lipinski definition) is 1. The largest absolute Gasteiger partial charge is 0.478 e.